The summed E-state index contributed by atoms with van der Waals surface area (Å²) in [6.07, 6.45) is 17.5. The van der Waals surface area contributed by atoms with Crippen LogP contribution in [0.4, 0.5) is 0 Å². The lowest BCUT2D eigenvalue weighted by molar-refractivity contribution is -0.694. The minimum absolute atomic E-state index is 0. The Morgan fingerprint density at radius 1 is 0.667 bits per heavy atom. The Hall–Kier alpha value is -0.900. The number of pyridine rings is 1. The maximum atomic E-state index is 2.32. The van der Waals surface area contributed by atoms with Crippen LogP contribution in [-0.2, 0) is 13.0 Å². The largest absolute Gasteiger partial charge is 1.00 e. The Morgan fingerprint density at radius 2 is 1.22 bits per heavy atom. The van der Waals surface area contributed by atoms with Crippen LogP contribution in [0.25, 0.3) is 0 Å². The van der Waals surface area contributed by atoms with E-state index >= 15 is 0 Å². The molecule has 27 heavy (non-hydrogen) atoms. The van der Waals surface area contributed by atoms with Crippen molar-refractivity contribution in [2.24, 2.45) is 0 Å². The summed E-state index contributed by atoms with van der Waals surface area (Å²) in [7, 11) is 0. The van der Waals surface area contributed by atoms with Gasteiger partial charge in [0.05, 0.1) is 0 Å². The summed E-state index contributed by atoms with van der Waals surface area (Å²) in [6.45, 7) is 5.42. The van der Waals surface area contributed by atoms with Crippen LogP contribution in [0.1, 0.15) is 88.0 Å². The first-order valence-electron chi connectivity index (χ1n) is 10.8. The molecule has 0 fully saturated rings. The van der Waals surface area contributed by atoms with Gasteiger partial charge in [0.2, 0.25) is 0 Å². The zero-order valence-corrected chi connectivity index (χ0v) is 19.6. The second-order valence-corrected chi connectivity index (χ2v) is 7.72. The predicted octanol–water partition coefficient (Wildman–Crippen LogP) is 3.80. The molecule has 0 saturated carbocycles. The average Bonchev–Trinajstić information content (AvgIpc) is 2.66. The molecular weight excluding hydrogens is 441 g/mol. The van der Waals surface area contributed by atoms with Crippen molar-refractivity contribution in [2.45, 2.75) is 91.0 Å². The Balaban J connectivity index is 0.00000364. The van der Waals surface area contributed by atoms with Crippen molar-refractivity contribution < 1.29 is 28.5 Å². The van der Waals surface area contributed by atoms with Crippen molar-refractivity contribution in [3.05, 3.63) is 65.5 Å². The fourth-order valence-electron chi connectivity index (χ4n) is 3.56. The first-order valence-corrected chi connectivity index (χ1v) is 10.8. The van der Waals surface area contributed by atoms with E-state index < -0.39 is 0 Å². The van der Waals surface area contributed by atoms with E-state index in [0.717, 1.165) is 6.54 Å². The summed E-state index contributed by atoms with van der Waals surface area (Å²) < 4.78 is 2.30. The first kappa shape index (κ1) is 24.1. The second-order valence-electron chi connectivity index (χ2n) is 7.72. The molecule has 2 aromatic rings. The lowest BCUT2D eigenvalue weighted by atomic mass is 10.0. The number of nitrogens with zero attached hydrogens (tertiary/aromatic N) is 1. The van der Waals surface area contributed by atoms with E-state index in [1.807, 2.05) is 0 Å². The van der Waals surface area contributed by atoms with Crippen LogP contribution >= 0.6 is 0 Å². The van der Waals surface area contributed by atoms with Gasteiger partial charge < -0.3 is 24.0 Å². The summed E-state index contributed by atoms with van der Waals surface area (Å²) >= 11 is 0. The van der Waals surface area contributed by atoms with E-state index in [1.54, 1.807) is 0 Å². The molecule has 150 valence electrons. The maximum absolute atomic E-state index is 2.32. The van der Waals surface area contributed by atoms with Crippen molar-refractivity contribution in [1.29, 1.82) is 0 Å². The van der Waals surface area contributed by atoms with Gasteiger partial charge in [-0.3, -0.25) is 0 Å². The van der Waals surface area contributed by atoms with Gasteiger partial charge in [0.25, 0.3) is 0 Å². The van der Waals surface area contributed by atoms with E-state index in [1.165, 1.54) is 87.4 Å². The molecule has 1 heterocycles. The minimum Gasteiger partial charge on any atom is -1.00 e. The van der Waals surface area contributed by atoms with Gasteiger partial charge in [-0.15, -0.1) is 0 Å². The number of benzene rings is 1. The molecule has 0 atom stereocenters. The molecule has 0 N–H and O–H groups in total. The van der Waals surface area contributed by atoms with Gasteiger partial charge >= 0.3 is 0 Å². The van der Waals surface area contributed by atoms with E-state index in [2.05, 4.69) is 67.1 Å². The molecule has 0 saturated heterocycles. The number of aryl methyl sites for hydroxylation is 2. The summed E-state index contributed by atoms with van der Waals surface area (Å²) in [6, 6.07) is 15.6. The molecule has 0 amide bonds. The van der Waals surface area contributed by atoms with Crippen LogP contribution in [0.2, 0.25) is 0 Å². The maximum Gasteiger partial charge on any atom is 0.178 e. The van der Waals surface area contributed by atoms with E-state index in [-0.39, 0.29) is 24.0 Å². The number of hydrogen-bond acceptors (Lipinski definition) is 0. The molecule has 1 aromatic heterocycles. The fourth-order valence-corrected chi connectivity index (χ4v) is 3.56. The zero-order chi connectivity index (χ0) is 18.5. The third-order valence-electron chi connectivity index (χ3n) is 5.36. The molecule has 1 aromatic carbocycles. The van der Waals surface area contributed by atoms with Gasteiger partial charge in [0.15, 0.2) is 18.4 Å². The highest BCUT2D eigenvalue weighted by molar-refractivity contribution is 5.22. The van der Waals surface area contributed by atoms with Gasteiger partial charge in [0.1, 0.15) is 0 Å². The van der Waals surface area contributed by atoms with Gasteiger partial charge in [-0.05, 0) is 18.4 Å². The lowest BCUT2D eigenvalue weighted by Gasteiger charge is -2.05. The van der Waals surface area contributed by atoms with Crippen molar-refractivity contribution >= 4 is 0 Å². The van der Waals surface area contributed by atoms with E-state index in [9.17, 15) is 0 Å². The number of unbranched alkanes of at least 4 members (excludes halogenated alkanes) is 9. The SMILES string of the molecule is CCCCCCCCCCCCc1ccc(C[n+]2ccccc2C)cc1.[I-]. The Labute approximate surface area is 184 Å². The normalized spacial score (nSPS) is 10.6. The van der Waals surface area contributed by atoms with Crippen molar-refractivity contribution in [2.75, 3.05) is 0 Å². The molecule has 0 spiro atoms. The Kier molecular flexibility index (Phi) is 13.5. The first-order chi connectivity index (χ1) is 12.8. The average molecular weight is 479 g/mol. The molecule has 2 rings (SSSR count). The molecule has 0 aliphatic carbocycles. The monoisotopic (exact) mass is 479 g/mol. The fraction of sp³-hybridized carbons (Fsp3) is 0.560. The summed E-state index contributed by atoms with van der Waals surface area (Å²) in [5.41, 5.74) is 4.18. The second kappa shape index (κ2) is 15.1. The zero-order valence-electron chi connectivity index (χ0n) is 17.4. The highest BCUT2D eigenvalue weighted by atomic mass is 127. The van der Waals surface area contributed by atoms with Crippen molar-refractivity contribution in [3.63, 3.8) is 0 Å². The van der Waals surface area contributed by atoms with Crippen LogP contribution in [-0.4, -0.2) is 0 Å². The molecule has 0 radical (unpaired) electrons. The number of hydrogen-bond donors (Lipinski definition) is 0. The molecule has 1 nitrogen and oxygen atoms in total. The third-order valence-corrected chi connectivity index (χ3v) is 5.36. The summed E-state index contributed by atoms with van der Waals surface area (Å²) in [5, 5.41) is 0. The highest BCUT2D eigenvalue weighted by Gasteiger charge is 2.05. The Bertz CT molecular complexity index is 606. The quantitative estimate of drug-likeness (QED) is 0.234. The van der Waals surface area contributed by atoms with Gasteiger partial charge in [0, 0.05) is 24.6 Å². The Morgan fingerprint density at radius 3 is 1.81 bits per heavy atom. The van der Waals surface area contributed by atoms with Crippen LogP contribution in [0.3, 0.4) is 0 Å². The summed E-state index contributed by atoms with van der Waals surface area (Å²) in [4.78, 5) is 0. The minimum atomic E-state index is 0. The molecule has 0 aliphatic heterocycles. The highest BCUT2D eigenvalue weighted by Crippen LogP contribution is 2.13. The smallest absolute Gasteiger partial charge is 0.178 e. The third kappa shape index (κ3) is 10.3. The van der Waals surface area contributed by atoms with Crippen molar-refractivity contribution in [3.8, 4) is 0 Å². The predicted molar refractivity (Wildman–Crippen MR) is 112 cm³/mol. The van der Waals surface area contributed by atoms with Crippen LogP contribution in [0.15, 0.2) is 48.7 Å². The van der Waals surface area contributed by atoms with E-state index in [0.29, 0.717) is 0 Å². The summed E-state index contributed by atoms with van der Waals surface area (Å²) in [5.74, 6) is 0. The van der Waals surface area contributed by atoms with Crippen LogP contribution in [0, 0.1) is 6.92 Å². The van der Waals surface area contributed by atoms with Crippen LogP contribution in [0.5, 0.6) is 0 Å². The van der Waals surface area contributed by atoms with Crippen LogP contribution < -0.4 is 28.5 Å². The number of aromatic nitrogens is 1. The molecule has 0 unspecified atom stereocenters. The molecular formula is C25H38IN. The number of halogens is 1. The lowest BCUT2D eigenvalue weighted by Crippen LogP contribution is -3.00. The topological polar surface area (TPSA) is 3.88 Å². The van der Waals surface area contributed by atoms with Crippen molar-refractivity contribution in [1.82, 2.24) is 0 Å². The standard InChI is InChI=1S/C25H38N.HI/c1-3-4-5-6-7-8-9-10-11-12-16-24-17-19-25(20-18-24)22-26-21-14-13-15-23(26)2;/h13-15,17-21H,3-12,16,22H2,1-2H3;1H/q+1;/p-1. The van der Waals surface area contributed by atoms with E-state index in [4.69, 9.17) is 0 Å². The molecule has 0 aliphatic rings. The number of rotatable bonds is 13. The molecule has 0 bridgehead atoms. The van der Waals surface area contributed by atoms with Gasteiger partial charge in [-0.25, -0.2) is 0 Å². The van der Waals surface area contributed by atoms with Gasteiger partial charge in [-0.2, -0.15) is 4.57 Å². The molecule has 2 heteroatoms. The van der Waals surface area contributed by atoms with Gasteiger partial charge in [-0.1, -0.05) is 95.0 Å².